The van der Waals surface area contributed by atoms with Crippen molar-refractivity contribution in [2.75, 3.05) is 13.1 Å². The molecule has 0 bridgehead atoms. The zero-order chi connectivity index (χ0) is 11.5. The molecule has 1 heterocycles. The Morgan fingerprint density at radius 2 is 2.25 bits per heavy atom. The number of hydrogen-bond acceptors (Lipinski definition) is 3. The molecule has 16 heavy (non-hydrogen) atoms. The summed E-state index contributed by atoms with van der Waals surface area (Å²) < 4.78 is 30.5. The summed E-state index contributed by atoms with van der Waals surface area (Å²) in [6.45, 7) is -1.62. The van der Waals surface area contributed by atoms with Gasteiger partial charge in [-0.1, -0.05) is 0 Å². The van der Waals surface area contributed by atoms with Crippen LogP contribution in [0.5, 0.6) is 0 Å². The van der Waals surface area contributed by atoms with E-state index >= 15 is 0 Å². The fourth-order valence-electron chi connectivity index (χ4n) is 0.818. The second kappa shape index (κ2) is 6.17. The number of hydrogen-bond donors (Lipinski definition) is 2. The van der Waals surface area contributed by atoms with Gasteiger partial charge in [-0.2, -0.15) is 0 Å². The number of halogens is 4. The van der Waals surface area contributed by atoms with Gasteiger partial charge >= 0.3 is 0 Å². The van der Waals surface area contributed by atoms with Crippen molar-refractivity contribution in [2.24, 2.45) is 5.73 Å². The standard InChI is InChI=1S/C8H9BrF2N2O2.ClH/c9-5-1-2-15-6(5)7(14)13-4-8(10,11)3-12;/h1-2H,3-4,12H2,(H,13,14);1H. The average molecular weight is 320 g/mol. The number of rotatable bonds is 4. The van der Waals surface area contributed by atoms with Crippen molar-refractivity contribution in [3.63, 3.8) is 0 Å². The molecule has 0 aromatic carbocycles. The molecule has 0 atom stereocenters. The Labute approximate surface area is 105 Å². The molecule has 0 saturated carbocycles. The molecule has 1 rings (SSSR count). The first-order valence-corrected chi connectivity index (χ1v) is 4.84. The molecule has 3 N–H and O–H groups in total. The van der Waals surface area contributed by atoms with E-state index in [1.807, 2.05) is 5.32 Å². The summed E-state index contributed by atoms with van der Waals surface area (Å²) in [5, 5.41) is 2.02. The van der Waals surface area contributed by atoms with Crippen molar-refractivity contribution >= 4 is 34.2 Å². The zero-order valence-electron chi connectivity index (χ0n) is 8.00. The van der Waals surface area contributed by atoms with Gasteiger partial charge in [-0.05, 0) is 22.0 Å². The highest BCUT2D eigenvalue weighted by molar-refractivity contribution is 9.10. The zero-order valence-corrected chi connectivity index (χ0v) is 10.4. The van der Waals surface area contributed by atoms with Gasteiger partial charge in [0, 0.05) is 0 Å². The van der Waals surface area contributed by atoms with Gasteiger partial charge in [-0.25, -0.2) is 8.78 Å². The molecule has 0 aliphatic heterocycles. The molecule has 0 aliphatic carbocycles. The van der Waals surface area contributed by atoms with Crippen LogP contribution in [-0.2, 0) is 0 Å². The highest BCUT2D eigenvalue weighted by atomic mass is 79.9. The maximum absolute atomic E-state index is 12.7. The highest BCUT2D eigenvalue weighted by Crippen LogP contribution is 2.17. The Kier molecular flexibility index (Phi) is 5.91. The van der Waals surface area contributed by atoms with Crippen LogP contribution in [0, 0.1) is 0 Å². The van der Waals surface area contributed by atoms with Crippen LogP contribution < -0.4 is 11.1 Å². The van der Waals surface area contributed by atoms with E-state index in [2.05, 4.69) is 15.9 Å². The van der Waals surface area contributed by atoms with Gasteiger partial charge in [-0.3, -0.25) is 4.79 Å². The van der Waals surface area contributed by atoms with Gasteiger partial charge in [0.05, 0.1) is 23.8 Å². The number of amides is 1. The number of nitrogens with one attached hydrogen (secondary N) is 1. The van der Waals surface area contributed by atoms with Crippen molar-refractivity contribution in [1.29, 1.82) is 0 Å². The topological polar surface area (TPSA) is 68.3 Å². The number of alkyl halides is 2. The predicted molar refractivity (Wildman–Crippen MR) is 60.0 cm³/mol. The molecule has 0 aliphatic rings. The predicted octanol–water partition coefficient (Wildman–Crippen LogP) is 1.79. The first-order chi connectivity index (χ1) is 6.96. The summed E-state index contributed by atoms with van der Waals surface area (Å²) in [6.07, 6.45) is 1.28. The van der Waals surface area contributed by atoms with Crippen LogP contribution in [0.2, 0.25) is 0 Å². The maximum Gasteiger partial charge on any atom is 0.288 e. The van der Waals surface area contributed by atoms with Crippen molar-refractivity contribution < 1.29 is 18.0 Å². The largest absolute Gasteiger partial charge is 0.458 e. The Morgan fingerprint density at radius 1 is 1.62 bits per heavy atom. The lowest BCUT2D eigenvalue weighted by molar-refractivity contribution is 0.0115. The maximum atomic E-state index is 12.7. The molecular weight excluding hydrogens is 309 g/mol. The molecule has 92 valence electrons. The van der Waals surface area contributed by atoms with Crippen molar-refractivity contribution in [3.05, 3.63) is 22.6 Å². The summed E-state index contributed by atoms with van der Waals surface area (Å²) >= 11 is 3.04. The quantitative estimate of drug-likeness (QED) is 0.889. The van der Waals surface area contributed by atoms with Crippen LogP contribution in [0.25, 0.3) is 0 Å². The Balaban J connectivity index is 0.00000225. The third kappa shape index (κ3) is 4.07. The van der Waals surface area contributed by atoms with Crippen molar-refractivity contribution in [2.45, 2.75) is 5.92 Å². The molecule has 8 heteroatoms. The van der Waals surface area contributed by atoms with Gasteiger partial charge in [0.2, 0.25) is 5.76 Å². The van der Waals surface area contributed by atoms with Gasteiger partial charge in [0.25, 0.3) is 11.8 Å². The summed E-state index contributed by atoms with van der Waals surface area (Å²) in [6, 6.07) is 1.50. The van der Waals surface area contributed by atoms with E-state index in [0.29, 0.717) is 4.47 Å². The number of carbonyl (C=O) groups excluding carboxylic acids is 1. The second-order valence-electron chi connectivity index (χ2n) is 2.84. The molecule has 0 saturated heterocycles. The smallest absolute Gasteiger partial charge is 0.288 e. The van der Waals surface area contributed by atoms with Crippen molar-refractivity contribution in [3.8, 4) is 0 Å². The van der Waals surface area contributed by atoms with Crippen LogP contribution >= 0.6 is 28.3 Å². The first-order valence-electron chi connectivity index (χ1n) is 4.05. The van der Waals surface area contributed by atoms with Gasteiger partial charge in [0.1, 0.15) is 0 Å². The normalized spacial score (nSPS) is 10.8. The van der Waals surface area contributed by atoms with Gasteiger partial charge < -0.3 is 15.5 Å². The minimum atomic E-state index is -3.10. The monoisotopic (exact) mass is 318 g/mol. The van der Waals surface area contributed by atoms with Crippen LogP contribution in [0.3, 0.4) is 0 Å². The minimum absolute atomic E-state index is 0. The van der Waals surface area contributed by atoms with E-state index in [9.17, 15) is 13.6 Å². The minimum Gasteiger partial charge on any atom is -0.458 e. The van der Waals surface area contributed by atoms with E-state index in [4.69, 9.17) is 10.2 Å². The van der Waals surface area contributed by atoms with Crippen LogP contribution in [-0.4, -0.2) is 24.9 Å². The molecule has 1 amide bonds. The molecule has 0 spiro atoms. The Hall–Kier alpha value is -0.660. The summed E-state index contributed by atoms with van der Waals surface area (Å²) in [5.41, 5.74) is 4.81. The van der Waals surface area contributed by atoms with Gasteiger partial charge in [-0.15, -0.1) is 12.4 Å². The molecule has 4 nitrogen and oxygen atoms in total. The van der Waals surface area contributed by atoms with E-state index in [0.717, 1.165) is 0 Å². The lowest BCUT2D eigenvalue weighted by Gasteiger charge is -2.13. The van der Waals surface area contributed by atoms with E-state index < -0.39 is 24.9 Å². The molecule has 0 unspecified atom stereocenters. The third-order valence-electron chi connectivity index (χ3n) is 1.63. The lowest BCUT2D eigenvalue weighted by Crippen LogP contribution is -2.41. The van der Waals surface area contributed by atoms with Crippen LogP contribution in [0.1, 0.15) is 10.6 Å². The van der Waals surface area contributed by atoms with Gasteiger partial charge in [0.15, 0.2) is 0 Å². The Morgan fingerprint density at radius 3 is 2.69 bits per heavy atom. The second-order valence-corrected chi connectivity index (χ2v) is 3.69. The average Bonchev–Trinajstić information content (AvgIpc) is 2.61. The fraction of sp³-hybridized carbons (Fsp3) is 0.375. The van der Waals surface area contributed by atoms with E-state index in [1.165, 1.54) is 12.3 Å². The third-order valence-corrected chi connectivity index (χ3v) is 2.25. The SMILES string of the molecule is Cl.NCC(F)(F)CNC(=O)c1occc1Br. The summed E-state index contributed by atoms with van der Waals surface area (Å²) in [5.74, 6) is -3.85. The fourth-order valence-corrected chi connectivity index (χ4v) is 1.20. The highest BCUT2D eigenvalue weighted by Gasteiger charge is 2.28. The summed E-state index contributed by atoms with van der Waals surface area (Å²) in [4.78, 5) is 11.3. The lowest BCUT2D eigenvalue weighted by atomic mass is 10.3. The van der Waals surface area contributed by atoms with Crippen LogP contribution in [0.15, 0.2) is 21.2 Å². The number of furan rings is 1. The molecule has 0 fully saturated rings. The molecular formula is C8H10BrClF2N2O2. The molecule has 1 aromatic rings. The number of carbonyl (C=O) groups is 1. The van der Waals surface area contributed by atoms with Crippen LogP contribution in [0.4, 0.5) is 8.78 Å². The molecule has 0 radical (unpaired) electrons. The van der Waals surface area contributed by atoms with E-state index in [-0.39, 0.29) is 18.2 Å². The van der Waals surface area contributed by atoms with Crippen molar-refractivity contribution in [1.82, 2.24) is 5.32 Å². The first kappa shape index (κ1) is 15.3. The summed E-state index contributed by atoms with van der Waals surface area (Å²) in [7, 11) is 0. The van der Waals surface area contributed by atoms with E-state index in [1.54, 1.807) is 0 Å². The Bertz CT molecular complexity index is 360. The number of nitrogens with two attached hydrogens (primary N) is 1. The molecule has 1 aromatic heterocycles.